The third-order valence-electron chi connectivity index (χ3n) is 2.93. The Morgan fingerprint density at radius 1 is 1.35 bits per heavy atom. The Balaban J connectivity index is 2.77. The quantitative estimate of drug-likeness (QED) is 0.558. The molecule has 0 spiro atoms. The van der Waals surface area contributed by atoms with Gasteiger partial charge in [-0.3, -0.25) is 0 Å². The summed E-state index contributed by atoms with van der Waals surface area (Å²) in [4.78, 5) is 0. The standard InChI is InChI=1S/C14H24N2O3S/c1-3-8-16(20(17,18)10-5-9-19-2)12-13-6-4-7-14(15)11-13/h4,6-7,11H,3,5,8-10,12,15H2,1-2H3. The van der Waals surface area contributed by atoms with Crippen LogP contribution in [0.3, 0.4) is 0 Å². The monoisotopic (exact) mass is 300 g/mol. The largest absolute Gasteiger partial charge is 0.399 e. The number of ether oxygens (including phenoxy) is 1. The molecule has 5 nitrogen and oxygen atoms in total. The number of rotatable bonds is 9. The lowest BCUT2D eigenvalue weighted by atomic mass is 10.2. The van der Waals surface area contributed by atoms with Crippen molar-refractivity contribution in [1.29, 1.82) is 0 Å². The van der Waals surface area contributed by atoms with Crippen LogP contribution in [-0.2, 0) is 21.3 Å². The van der Waals surface area contributed by atoms with Crippen molar-refractivity contribution in [3.05, 3.63) is 29.8 Å². The van der Waals surface area contributed by atoms with Crippen molar-refractivity contribution in [2.75, 3.05) is 31.7 Å². The average Bonchev–Trinajstić information content (AvgIpc) is 2.38. The number of nitrogens with two attached hydrogens (primary N) is 1. The van der Waals surface area contributed by atoms with Crippen LogP contribution in [0, 0.1) is 0 Å². The van der Waals surface area contributed by atoms with Gasteiger partial charge in [0, 0.05) is 32.5 Å². The van der Waals surface area contributed by atoms with Crippen LogP contribution in [-0.4, -0.2) is 38.7 Å². The lowest BCUT2D eigenvalue weighted by molar-refractivity contribution is 0.199. The highest BCUT2D eigenvalue weighted by atomic mass is 32.2. The van der Waals surface area contributed by atoms with Crippen LogP contribution in [0.2, 0.25) is 0 Å². The van der Waals surface area contributed by atoms with Crippen LogP contribution in [0.5, 0.6) is 0 Å². The molecule has 0 aliphatic carbocycles. The van der Waals surface area contributed by atoms with Crippen LogP contribution < -0.4 is 5.73 Å². The summed E-state index contributed by atoms with van der Waals surface area (Å²) in [5, 5.41) is 0. The molecule has 0 fully saturated rings. The highest BCUT2D eigenvalue weighted by Crippen LogP contribution is 2.14. The number of hydrogen-bond donors (Lipinski definition) is 1. The summed E-state index contributed by atoms with van der Waals surface area (Å²) in [6.07, 6.45) is 1.29. The van der Waals surface area contributed by atoms with E-state index >= 15 is 0 Å². The van der Waals surface area contributed by atoms with Crippen LogP contribution in [0.25, 0.3) is 0 Å². The molecule has 0 unspecified atom stereocenters. The van der Waals surface area contributed by atoms with Crippen molar-refractivity contribution in [3.8, 4) is 0 Å². The summed E-state index contributed by atoms with van der Waals surface area (Å²) in [7, 11) is -1.68. The molecule has 20 heavy (non-hydrogen) atoms. The topological polar surface area (TPSA) is 72.6 Å². The summed E-state index contributed by atoms with van der Waals surface area (Å²) < 4.78 is 31.1. The van der Waals surface area contributed by atoms with Crippen molar-refractivity contribution in [2.24, 2.45) is 0 Å². The second-order valence-corrected chi connectivity index (χ2v) is 6.83. The second-order valence-electron chi connectivity index (χ2n) is 4.74. The van der Waals surface area contributed by atoms with Gasteiger partial charge in [0.1, 0.15) is 0 Å². The highest BCUT2D eigenvalue weighted by molar-refractivity contribution is 7.89. The number of benzene rings is 1. The molecular weight excluding hydrogens is 276 g/mol. The molecule has 0 atom stereocenters. The maximum Gasteiger partial charge on any atom is 0.214 e. The van der Waals surface area contributed by atoms with E-state index in [1.807, 2.05) is 25.1 Å². The molecule has 0 aromatic heterocycles. The van der Waals surface area contributed by atoms with Crippen molar-refractivity contribution >= 4 is 15.7 Å². The van der Waals surface area contributed by atoms with Crippen molar-refractivity contribution in [2.45, 2.75) is 26.3 Å². The smallest absolute Gasteiger partial charge is 0.214 e. The summed E-state index contributed by atoms with van der Waals surface area (Å²) in [5.74, 6) is 0.114. The van der Waals surface area contributed by atoms with Gasteiger partial charge < -0.3 is 10.5 Å². The van der Waals surface area contributed by atoms with Crippen LogP contribution >= 0.6 is 0 Å². The first-order valence-corrected chi connectivity index (χ1v) is 8.41. The molecule has 114 valence electrons. The molecule has 0 aliphatic rings. The average molecular weight is 300 g/mol. The normalized spacial score (nSPS) is 11.9. The van der Waals surface area contributed by atoms with E-state index in [1.54, 1.807) is 13.2 Å². The van der Waals surface area contributed by atoms with Gasteiger partial charge in [-0.1, -0.05) is 19.1 Å². The van der Waals surface area contributed by atoms with Gasteiger partial charge in [0.2, 0.25) is 10.0 Å². The van der Waals surface area contributed by atoms with Crippen LogP contribution in [0.1, 0.15) is 25.3 Å². The first-order chi connectivity index (χ1) is 9.49. The van der Waals surface area contributed by atoms with E-state index < -0.39 is 10.0 Å². The zero-order chi connectivity index (χ0) is 15.0. The van der Waals surface area contributed by atoms with Gasteiger partial charge in [-0.25, -0.2) is 8.42 Å². The number of hydrogen-bond acceptors (Lipinski definition) is 4. The van der Waals surface area contributed by atoms with E-state index in [4.69, 9.17) is 10.5 Å². The molecule has 0 saturated carbocycles. The Kier molecular flexibility index (Phi) is 6.98. The highest BCUT2D eigenvalue weighted by Gasteiger charge is 2.21. The zero-order valence-corrected chi connectivity index (χ0v) is 13.0. The minimum Gasteiger partial charge on any atom is -0.399 e. The predicted octanol–water partition coefficient (Wildman–Crippen LogP) is 1.85. The van der Waals surface area contributed by atoms with Gasteiger partial charge in [-0.05, 0) is 30.5 Å². The Bertz CT molecular complexity index is 503. The Morgan fingerprint density at radius 2 is 2.10 bits per heavy atom. The Morgan fingerprint density at radius 3 is 2.70 bits per heavy atom. The maximum absolute atomic E-state index is 12.3. The van der Waals surface area contributed by atoms with Gasteiger partial charge in [0.15, 0.2) is 0 Å². The maximum atomic E-state index is 12.3. The summed E-state index contributed by atoms with van der Waals surface area (Å²) in [6.45, 7) is 3.31. The first-order valence-electron chi connectivity index (χ1n) is 6.80. The number of nitrogens with zero attached hydrogens (tertiary/aromatic N) is 1. The molecule has 0 radical (unpaired) electrons. The van der Waals surface area contributed by atoms with E-state index in [2.05, 4.69) is 0 Å². The third kappa shape index (κ3) is 5.48. The van der Waals surface area contributed by atoms with E-state index in [-0.39, 0.29) is 5.75 Å². The van der Waals surface area contributed by atoms with Gasteiger partial charge >= 0.3 is 0 Å². The molecular formula is C14H24N2O3S. The molecule has 2 N–H and O–H groups in total. The van der Waals surface area contributed by atoms with Crippen molar-refractivity contribution in [1.82, 2.24) is 4.31 Å². The van der Waals surface area contributed by atoms with E-state index in [9.17, 15) is 8.42 Å². The molecule has 1 aromatic carbocycles. The van der Waals surface area contributed by atoms with Gasteiger partial charge in [0.25, 0.3) is 0 Å². The lowest BCUT2D eigenvalue weighted by Gasteiger charge is -2.21. The van der Waals surface area contributed by atoms with Crippen molar-refractivity contribution in [3.63, 3.8) is 0 Å². The first kappa shape index (κ1) is 16.9. The minimum absolute atomic E-state index is 0.114. The van der Waals surface area contributed by atoms with Gasteiger partial charge in [-0.2, -0.15) is 4.31 Å². The van der Waals surface area contributed by atoms with E-state index in [1.165, 1.54) is 4.31 Å². The molecule has 0 saturated heterocycles. The number of nitrogen functional groups attached to an aromatic ring is 1. The predicted molar refractivity (Wildman–Crippen MR) is 81.8 cm³/mol. The fraction of sp³-hybridized carbons (Fsp3) is 0.571. The SMILES string of the molecule is CCCN(Cc1cccc(N)c1)S(=O)(=O)CCCOC. The number of sulfonamides is 1. The Hall–Kier alpha value is -1.11. The fourth-order valence-electron chi connectivity index (χ4n) is 1.98. The Labute approximate surface area is 121 Å². The number of methoxy groups -OCH3 is 1. The van der Waals surface area contributed by atoms with E-state index in [0.29, 0.717) is 31.8 Å². The van der Waals surface area contributed by atoms with Gasteiger partial charge in [-0.15, -0.1) is 0 Å². The minimum atomic E-state index is -3.26. The molecule has 0 heterocycles. The molecule has 1 rings (SSSR count). The molecule has 0 bridgehead atoms. The molecule has 6 heteroatoms. The molecule has 0 aliphatic heterocycles. The fourth-order valence-corrected chi connectivity index (χ4v) is 3.52. The zero-order valence-electron chi connectivity index (χ0n) is 12.2. The van der Waals surface area contributed by atoms with Crippen LogP contribution in [0.4, 0.5) is 5.69 Å². The van der Waals surface area contributed by atoms with Crippen molar-refractivity contribution < 1.29 is 13.2 Å². The molecule has 1 aromatic rings. The van der Waals surface area contributed by atoms with E-state index in [0.717, 1.165) is 12.0 Å². The molecule has 0 amide bonds. The third-order valence-corrected chi connectivity index (χ3v) is 4.83. The second kappa shape index (κ2) is 8.24. The van der Waals surface area contributed by atoms with Gasteiger partial charge in [0.05, 0.1) is 5.75 Å². The summed E-state index contributed by atoms with van der Waals surface area (Å²) in [5.41, 5.74) is 7.29. The van der Waals surface area contributed by atoms with Crippen LogP contribution in [0.15, 0.2) is 24.3 Å². The summed E-state index contributed by atoms with van der Waals surface area (Å²) in [6, 6.07) is 7.34. The number of anilines is 1. The lowest BCUT2D eigenvalue weighted by Crippen LogP contribution is -2.33. The summed E-state index contributed by atoms with van der Waals surface area (Å²) >= 11 is 0.